The zero-order chi connectivity index (χ0) is 18.7. The van der Waals surface area contributed by atoms with Crippen LogP contribution in [0.3, 0.4) is 0 Å². The molecule has 7 nitrogen and oxygen atoms in total. The highest BCUT2D eigenvalue weighted by Crippen LogP contribution is 2.23. The minimum atomic E-state index is -2.72. The molecule has 1 saturated heterocycles. The molecule has 0 aliphatic carbocycles. The monoisotopic (exact) mass is 364 g/mol. The van der Waals surface area contributed by atoms with Crippen molar-refractivity contribution in [1.82, 2.24) is 19.5 Å². The van der Waals surface area contributed by atoms with Gasteiger partial charge in [-0.2, -0.15) is 4.98 Å². The summed E-state index contributed by atoms with van der Waals surface area (Å²) < 4.78 is 26.6. The van der Waals surface area contributed by atoms with Crippen molar-refractivity contribution in [3.63, 3.8) is 0 Å². The van der Waals surface area contributed by atoms with E-state index in [1.54, 1.807) is 6.20 Å². The van der Waals surface area contributed by atoms with Gasteiger partial charge in [-0.25, -0.2) is 18.7 Å². The predicted molar refractivity (Wildman–Crippen MR) is 94.8 cm³/mol. The SMILES string of the molecule is CN(C)c1ccnc(N2CCC(Cn3cnc(C(F)F)cc3=O)CC2)n1. The highest BCUT2D eigenvalue weighted by molar-refractivity contribution is 5.42. The van der Waals surface area contributed by atoms with Crippen LogP contribution in [0.15, 0.2) is 29.5 Å². The summed E-state index contributed by atoms with van der Waals surface area (Å²) in [6, 6.07) is 2.78. The maximum Gasteiger partial charge on any atom is 0.280 e. The van der Waals surface area contributed by atoms with Crippen molar-refractivity contribution in [2.45, 2.75) is 25.8 Å². The highest BCUT2D eigenvalue weighted by atomic mass is 19.3. The van der Waals surface area contributed by atoms with Gasteiger partial charge in [0.1, 0.15) is 11.5 Å². The van der Waals surface area contributed by atoms with E-state index in [1.807, 2.05) is 25.1 Å². The van der Waals surface area contributed by atoms with Gasteiger partial charge in [-0.1, -0.05) is 0 Å². The third-order valence-corrected chi connectivity index (χ3v) is 4.56. The molecule has 0 spiro atoms. The molecule has 0 amide bonds. The smallest absolute Gasteiger partial charge is 0.280 e. The zero-order valence-corrected chi connectivity index (χ0v) is 14.8. The fourth-order valence-electron chi connectivity index (χ4n) is 3.03. The van der Waals surface area contributed by atoms with Crippen LogP contribution in [0.2, 0.25) is 0 Å². The molecule has 0 saturated carbocycles. The second-order valence-corrected chi connectivity index (χ2v) is 6.64. The number of nitrogens with zero attached hydrogens (tertiary/aromatic N) is 6. The summed E-state index contributed by atoms with van der Waals surface area (Å²) in [6.07, 6.45) is 2.00. The molecule has 3 heterocycles. The molecule has 0 radical (unpaired) electrons. The number of anilines is 2. The molecule has 1 fully saturated rings. The first-order chi connectivity index (χ1) is 12.4. The molecule has 2 aromatic rings. The van der Waals surface area contributed by atoms with Crippen LogP contribution in [0.1, 0.15) is 25.0 Å². The van der Waals surface area contributed by atoms with E-state index in [1.165, 1.54) is 10.9 Å². The Kier molecular flexibility index (Phi) is 5.43. The average molecular weight is 364 g/mol. The Morgan fingerprint density at radius 2 is 2.00 bits per heavy atom. The first-order valence-corrected chi connectivity index (χ1v) is 8.54. The van der Waals surface area contributed by atoms with Crippen LogP contribution in [0.5, 0.6) is 0 Å². The molecule has 1 aliphatic heterocycles. The van der Waals surface area contributed by atoms with E-state index in [2.05, 4.69) is 19.9 Å². The van der Waals surface area contributed by atoms with Crippen molar-refractivity contribution < 1.29 is 8.78 Å². The fraction of sp³-hybridized carbons (Fsp3) is 0.529. The first kappa shape index (κ1) is 18.2. The van der Waals surface area contributed by atoms with Gasteiger partial charge in [0.2, 0.25) is 5.95 Å². The second kappa shape index (κ2) is 7.76. The van der Waals surface area contributed by atoms with E-state index in [9.17, 15) is 13.6 Å². The van der Waals surface area contributed by atoms with E-state index < -0.39 is 17.7 Å². The Balaban J connectivity index is 1.61. The minimum Gasteiger partial charge on any atom is -0.363 e. The number of rotatable bonds is 5. The lowest BCUT2D eigenvalue weighted by molar-refractivity contribution is 0.145. The lowest BCUT2D eigenvalue weighted by Gasteiger charge is -2.32. The van der Waals surface area contributed by atoms with Gasteiger partial charge in [0, 0.05) is 46.0 Å². The second-order valence-electron chi connectivity index (χ2n) is 6.64. The standard InChI is InChI=1S/C17H22F2N6O/c1-23(2)14-3-6-20-17(22-14)24-7-4-12(5-8-24)10-25-11-21-13(16(18)19)9-15(25)26/h3,6,9,11-12,16H,4-5,7-8,10H2,1-2H3. The van der Waals surface area contributed by atoms with Crippen LogP contribution in [0.25, 0.3) is 0 Å². The number of aromatic nitrogens is 4. The summed E-state index contributed by atoms with van der Waals surface area (Å²) in [5.74, 6) is 1.85. The Bertz CT molecular complexity index is 802. The Morgan fingerprint density at radius 1 is 1.27 bits per heavy atom. The van der Waals surface area contributed by atoms with Crippen LogP contribution in [0.4, 0.5) is 20.5 Å². The molecule has 0 unspecified atom stereocenters. The van der Waals surface area contributed by atoms with Gasteiger partial charge in [0.25, 0.3) is 12.0 Å². The molecule has 0 aromatic carbocycles. The van der Waals surface area contributed by atoms with Crippen LogP contribution in [-0.4, -0.2) is 46.7 Å². The predicted octanol–water partition coefficient (Wildman–Crippen LogP) is 1.95. The van der Waals surface area contributed by atoms with Crippen molar-refractivity contribution in [3.8, 4) is 0 Å². The summed E-state index contributed by atoms with van der Waals surface area (Å²) in [5.41, 5.74) is -0.904. The molecule has 3 rings (SSSR count). The third-order valence-electron chi connectivity index (χ3n) is 4.56. The van der Waals surface area contributed by atoms with E-state index >= 15 is 0 Å². The van der Waals surface area contributed by atoms with Crippen LogP contribution < -0.4 is 15.4 Å². The Hall–Kier alpha value is -2.58. The van der Waals surface area contributed by atoms with Crippen molar-refractivity contribution >= 4 is 11.8 Å². The zero-order valence-electron chi connectivity index (χ0n) is 14.8. The summed E-state index contributed by atoms with van der Waals surface area (Å²) >= 11 is 0. The van der Waals surface area contributed by atoms with Crippen LogP contribution in [0, 0.1) is 5.92 Å². The molecule has 0 atom stereocenters. The maximum absolute atomic E-state index is 12.6. The third kappa shape index (κ3) is 4.14. The summed E-state index contributed by atoms with van der Waals surface area (Å²) in [7, 11) is 3.87. The molecule has 1 aliphatic rings. The number of alkyl halides is 2. The van der Waals surface area contributed by atoms with Crippen molar-refractivity contribution in [2.75, 3.05) is 37.0 Å². The van der Waals surface area contributed by atoms with Crippen molar-refractivity contribution in [3.05, 3.63) is 40.7 Å². The van der Waals surface area contributed by atoms with Gasteiger partial charge in [0.05, 0.1) is 6.33 Å². The van der Waals surface area contributed by atoms with Crippen LogP contribution in [-0.2, 0) is 6.54 Å². The topological polar surface area (TPSA) is 67.2 Å². The van der Waals surface area contributed by atoms with E-state index in [-0.39, 0.29) is 0 Å². The Morgan fingerprint density at radius 3 is 2.62 bits per heavy atom. The average Bonchev–Trinajstić information content (AvgIpc) is 2.64. The highest BCUT2D eigenvalue weighted by Gasteiger charge is 2.22. The quantitative estimate of drug-likeness (QED) is 0.808. The molecule has 0 N–H and O–H groups in total. The number of hydrogen-bond donors (Lipinski definition) is 0. The first-order valence-electron chi connectivity index (χ1n) is 8.54. The molecule has 26 heavy (non-hydrogen) atoms. The lowest BCUT2D eigenvalue weighted by atomic mass is 9.97. The van der Waals surface area contributed by atoms with Gasteiger partial charge in [-0.05, 0) is 24.8 Å². The van der Waals surface area contributed by atoms with Gasteiger partial charge in [-0.3, -0.25) is 9.36 Å². The fourth-order valence-corrected chi connectivity index (χ4v) is 3.03. The van der Waals surface area contributed by atoms with Gasteiger partial charge < -0.3 is 9.80 Å². The summed E-state index contributed by atoms with van der Waals surface area (Å²) in [6.45, 7) is 2.07. The van der Waals surface area contributed by atoms with Gasteiger partial charge in [0.15, 0.2) is 0 Å². The largest absolute Gasteiger partial charge is 0.363 e. The van der Waals surface area contributed by atoms with E-state index in [0.29, 0.717) is 18.4 Å². The van der Waals surface area contributed by atoms with E-state index in [4.69, 9.17) is 0 Å². The van der Waals surface area contributed by atoms with Gasteiger partial charge in [-0.15, -0.1) is 0 Å². The van der Waals surface area contributed by atoms with E-state index in [0.717, 1.165) is 37.8 Å². The molecule has 140 valence electrons. The maximum atomic E-state index is 12.6. The number of hydrogen-bond acceptors (Lipinski definition) is 6. The summed E-state index contributed by atoms with van der Waals surface area (Å²) in [4.78, 5) is 28.6. The van der Waals surface area contributed by atoms with Crippen LogP contribution >= 0.6 is 0 Å². The minimum absolute atomic E-state index is 0.292. The molecular formula is C17H22F2N6O. The number of piperidine rings is 1. The normalized spacial score (nSPS) is 15.5. The lowest BCUT2D eigenvalue weighted by Crippen LogP contribution is -2.37. The Labute approximate surface area is 150 Å². The molecule has 2 aromatic heterocycles. The van der Waals surface area contributed by atoms with Gasteiger partial charge >= 0.3 is 0 Å². The molecular weight excluding hydrogens is 342 g/mol. The van der Waals surface area contributed by atoms with Crippen molar-refractivity contribution in [2.24, 2.45) is 5.92 Å². The molecule has 0 bridgehead atoms. The summed E-state index contributed by atoms with van der Waals surface area (Å²) in [5, 5.41) is 0. The number of halogens is 2. The molecule has 9 heteroatoms. The van der Waals surface area contributed by atoms with Crippen molar-refractivity contribution in [1.29, 1.82) is 0 Å².